The van der Waals surface area contributed by atoms with E-state index < -0.39 is 12.1 Å². The zero-order chi connectivity index (χ0) is 13.6. The number of hydrogen-bond donors (Lipinski definition) is 1. The molecule has 1 heterocycles. The van der Waals surface area contributed by atoms with Crippen LogP contribution in [0.1, 0.15) is 13.8 Å². The zero-order valence-corrected chi connectivity index (χ0v) is 9.60. The van der Waals surface area contributed by atoms with E-state index in [0.717, 1.165) is 31.1 Å². The standard InChI is InChI=1S/C7H14FN2.C2HF3O2/c1-3-9-5-6-10(4-2)7(9)8;3-2(4,5)1(6)7/h3-6H2,1-2H3;(H,6,7)/q+1;. The van der Waals surface area contributed by atoms with Gasteiger partial charge >= 0.3 is 12.3 Å². The molecule has 0 fully saturated rings. The number of carboxylic acid groups (broad SMARTS) is 1. The number of carboxylic acids is 1. The molecule has 0 spiro atoms. The summed E-state index contributed by atoms with van der Waals surface area (Å²) in [5, 5.41) is 8.78. The molecule has 0 aromatic heterocycles. The van der Waals surface area contributed by atoms with E-state index in [1.54, 1.807) is 4.58 Å². The quantitative estimate of drug-likeness (QED) is 0.375. The molecule has 17 heavy (non-hydrogen) atoms. The van der Waals surface area contributed by atoms with Crippen molar-refractivity contribution in [1.82, 2.24) is 0 Å². The minimum atomic E-state index is -5.19. The SMILES string of the molecule is CC[N+]1=C(F)[NH+](CC)CC1.O=C([O-])C(F)(F)F. The van der Waals surface area contributed by atoms with E-state index in [9.17, 15) is 17.6 Å². The Bertz CT molecular complexity index is 302. The molecule has 1 aliphatic heterocycles. The molecule has 1 rings (SSSR count). The van der Waals surface area contributed by atoms with Gasteiger partial charge in [0.25, 0.3) is 0 Å². The zero-order valence-electron chi connectivity index (χ0n) is 9.60. The number of likely N-dealkylation sites (N-methyl/N-ethyl adjacent to an activating group) is 2. The fraction of sp³-hybridized carbons (Fsp3) is 0.778. The van der Waals surface area contributed by atoms with Gasteiger partial charge in [0.1, 0.15) is 19.1 Å². The summed E-state index contributed by atoms with van der Waals surface area (Å²) in [6.45, 7) is 7.46. The Balaban J connectivity index is 0.000000325. The summed E-state index contributed by atoms with van der Waals surface area (Å²) >= 11 is 0. The average molecular weight is 259 g/mol. The van der Waals surface area contributed by atoms with Crippen LogP contribution in [0.25, 0.3) is 0 Å². The van der Waals surface area contributed by atoms with Crippen LogP contribution in [0.5, 0.6) is 0 Å². The summed E-state index contributed by atoms with van der Waals surface area (Å²) in [5.41, 5.74) is 0. The molecule has 0 bridgehead atoms. The maximum atomic E-state index is 13.1. The fourth-order valence-corrected chi connectivity index (χ4v) is 1.31. The van der Waals surface area contributed by atoms with E-state index in [1.807, 2.05) is 13.8 Å². The van der Waals surface area contributed by atoms with E-state index in [4.69, 9.17) is 9.90 Å². The van der Waals surface area contributed by atoms with Crippen molar-refractivity contribution in [2.24, 2.45) is 0 Å². The maximum Gasteiger partial charge on any atom is 0.535 e. The van der Waals surface area contributed by atoms with Crippen molar-refractivity contribution in [3.05, 3.63) is 0 Å². The van der Waals surface area contributed by atoms with Crippen LogP contribution in [0.3, 0.4) is 0 Å². The van der Waals surface area contributed by atoms with Gasteiger partial charge in [-0.2, -0.15) is 13.2 Å². The number of nitrogens with zero attached hydrogens (tertiary/aromatic N) is 1. The molecule has 0 aromatic carbocycles. The van der Waals surface area contributed by atoms with Crippen molar-refractivity contribution >= 4 is 12.1 Å². The molecule has 0 saturated carbocycles. The number of hydrogen-bond acceptors (Lipinski definition) is 2. The topological polar surface area (TPSA) is 47.6 Å². The van der Waals surface area contributed by atoms with Gasteiger partial charge < -0.3 is 9.90 Å². The highest BCUT2D eigenvalue weighted by molar-refractivity contribution is 5.70. The summed E-state index contributed by atoms with van der Waals surface area (Å²) in [4.78, 5) is 9.77. The van der Waals surface area contributed by atoms with Crippen LogP contribution in [0.2, 0.25) is 0 Å². The average Bonchev–Trinajstić information content (AvgIpc) is 2.58. The number of rotatable bonds is 2. The number of amidine groups is 1. The van der Waals surface area contributed by atoms with Gasteiger partial charge in [-0.25, -0.2) is 4.90 Å². The molecule has 1 atom stereocenters. The van der Waals surface area contributed by atoms with Gasteiger partial charge in [0.15, 0.2) is 6.54 Å². The van der Waals surface area contributed by atoms with Crippen LogP contribution in [0, 0.1) is 0 Å². The van der Waals surface area contributed by atoms with Crippen LogP contribution >= 0.6 is 0 Å². The first kappa shape index (κ1) is 15.8. The summed E-state index contributed by atoms with van der Waals surface area (Å²) < 4.78 is 46.4. The highest BCUT2D eigenvalue weighted by atomic mass is 19.4. The monoisotopic (exact) mass is 259 g/mol. The lowest BCUT2D eigenvalue weighted by Gasteiger charge is -2.03. The first-order valence-electron chi connectivity index (χ1n) is 5.14. The third-order valence-electron chi connectivity index (χ3n) is 2.29. The van der Waals surface area contributed by atoms with E-state index in [2.05, 4.69) is 0 Å². The molecule has 0 aliphatic carbocycles. The van der Waals surface area contributed by atoms with Gasteiger partial charge in [-0.15, -0.1) is 4.58 Å². The molecule has 0 radical (unpaired) electrons. The van der Waals surface area contributed by atoms with Crippen molar-refractivity contribution < 1.29 is 36.9 Å². The number of halogens is 4. The predicted molar refractivity (Wildman–Crippen MR) is 49.2 cm³/mol. The van der Waals surface area contributed by atoms with Gasteiger partial charge in [-0.1, -0.05) is 4.39 Å². The Morgan fingerprint density at radius 1 is 1.47 bits per heavy atom. The molecule has 100 valence electrons. The molecular weight excluding hydrogens is 244 g/mol. The Kier molecular flexibility index (Phi) is 6.08. The van der Waals surface area contributed by atoms with Crippen molar-refractivity contribution in [1.29, 1.82) is 0 Å². The Labute approximate surface area is 96.1 Å². The third-order valence-corrected chi connectivity index (χ3v) is 2.29. The Hall–Kier alpha value is -1.18. The highest BCUT2D eigenvalue weighted by Crippen LogP contribution is 2.11. The number of nitrogens with one attached hydrogen (secondary N) is 1. The van der Waals surface area contributed by atoms with Crippen molar-refractivity contribution in [2.45, 2.75) is 20.0 Å². The second-order valence-corrected chi connectivity index (χ2v) is 3.36. The summed E-state index contributed by atoms with van der Waals surface area (Å²) in [6.07, 6.45) is -5.16. The summed E-state index contributed by atoms with van der Waals surface area (Å²) in [7, 11) is 0. The lowest BCUT2D eigenvalue weighted by Crippen LogP contribution is -3.12. The molecule has 8 heteroatoms. The van der Waals surface area contributed by atoms with Gasteiger partial charge in [-0.3, -0.25) is 0 Å². The van der Waals surface area contributed by atoms with Crippen molar-refractivity contribution in [2.75, 3.05) is 26.2 Å². The first-order valence-corrected chi connectivity index (χ1v) is 5.14. The molecule has 1 N–H and O–H groups in total. The van der Waals surface area contributed by atoms with Crippen LogP contribution in [-0.2, 0) is 4.79 Å². The second kappa shape index (κ2) is 6.53. The van der Waals surface area contributed by atoms with Crippen LogP contribution < -0.4 is 10.0 Å². The summed E-state index contributed by atoms with van der Waals surface area (Å²) in [6, 6.07) is 0. The second-order valence-electron chi connectivity index (χ2n) is 3.36. The number of quaternary nitrogens is 1. The first-order chi connectivity index (χ1) is 7.73. The fourth-order valence-electron chi connectivity index (χ4n) is 1.31. The lowest BCUT2D eigenvalue weighted by molar-refractivity contribution is -0.807. The van der Waals surface area contributed by atoms with Gasteiger partial charge in [0.2, 0.25) is 0 Å². The van der Waals surface area contributed by atoms with Crippen LogP contribution in [-0.4, -0.2) is 49.0 Å². The largest absolute Gasteiger partial charge is 0.542 e. The third kappa shape index (κ3) is 5.12. The van der Waals surface area contributed by atoms with Crippen molar-refractivity contribution in [3.63, 3.8) is 0 Å². The number of alkyl halides is 3. The Morgan fingerprint density at radius 2 is 1.94 bits per heavy atom. The molecular formula is C9H15F4N2O2+. The minimum Gasteiger partial charge on any atom is -0.542 e. The Morgan fingerprint density at radius 3 is 2.12 bits per heavy atom. The van der Waals surface area contributed by atoms with Crippen LogP contribution in [0.15, 0.2) is 0 Å². The predicted octanol–water partition coefficient (Wildman–Crippen LogP) is -1.44. The van der Waals surface area contributed by atoms with Crippen LogP contribution in [0.4, 0.5) is 17.6 Å². The smallest absolute Gasteiger partial charge is 0.535 e. The number of carbonyl (C=O) groups is 1. The molecule has 0 saturated heterocycles. The normalized spacial score (nSPS) is 20.0. The minimum absolute atomic E-state index is 0.0324. The van der Waals surface area contributed by atoms with Gasteiger partial charge in [0, 0.05) is 0 Å². The number of aliphatic carboxylic acids is 1. The van der Waals surface area contributed by atoms with E-state index in [-0.39, 0.29) is 6.09 Å². The lowest BCUT2D eigenvalue weighted by atomic mass is 10.5. The van der Waals surface area contributed by atoms with E-state index >= 15 is 0 Å². The van der Waals surface area contributed by atoms with E-state index in [1.165, 1.54) is 0 Å². The molecule has 1 aliphatic rings. The maximum absolute atomic E-state index is 13.1. The number of carbonyl (C=O) groups excluding carboxylic acids is 1. The molecule has 1 unspecified atom stereocenters. The molecule has 4 nitrogen and oxygen atoms in total. The van der Waals surface area contributed by atoms with Gasteiger partial charge in [-0.05, 0) is 13.8 Å². The molecule has 0 aromatic rings. The molecule has 0 amide bonds. The van der Waals surface area contributed by atoms with Crippen molar-refractivity contribution in [3.8, 4) is 0 Å². The van der Waals surface area contributed by atoms with Gasteiger partial charge in [0.05, 0.1) is 6.54 Å². The summed E-state index contributed by atoms with van der Waals surface area (Å²) in [5.74, 6) is -3.01. The highest BCUT2D eigenvalue weighted by Gasteiger charge is 2.33. The van der Waals surface area contributed by atoms with E-state index in [0.29, 0.717) is 0 Å².